The number of alkyl halides is 3. The van der Waals surface area contributed by atoms with Crippen LogP contribution in [0.4, 0.5) is 13.2 Å². The second kappa shape index (κ2) is 13.4. The van der Waals surface area contributed by atoms with Crippen LogP contribution in [0, 0.1) is 0 Å². The minimum Gasteiger partial charge on any atom is -0.491 e. The standard InChI is InChI=1S/C30H33F3N2O3/c31-30(32,33)25-14-12-24(13-15-25)21-35-17-6-7-18-37-19-16-34-29(36)27-10-4-5-11-28(27)38-22-26(35)20-23-8-2-1-3-9-23/h1-5,8-15,26H,6-7,16-22H2,(H,34,36)/t26-/m0/s1. The Labute approximate surface area is 221 Å². The van der Waals surface area contributed by atoms with Crippen LogP contribution in [0.1, 0.15) is 39.9 Å². The molecule has 0 radical (unpaired) electrons. The molecule has 1 aliphatic heterocycles. The molecule has 0 aliphatic carbocycles. The predicted octanol–water partition coefficient (Wildman–Crippen LogP) is 5.74. The van der Waals surface area contributed by atoms with Crippen molar-refractivity contribution in [1.29, 1.82) is 0 Å². The summed E-state index contributed by atoms with van der Waals surface area (Å²) in [5.74, 6) is 0.272. The first-order valence-electron chi connectivity index (χ1n) is 12.9. The molecule has 0 saturated carbocycles. The van der Waals surface area contributed by atoms with Crippen molar-refractivity contribution in [1.82, 2.24) is 10.2 Å². The molecule has 1 N–H and O–H groups in total. The summed E-state index contributed by atoms with van der Waals surface area (Å²) in [6.45, 7) is 2.91. The molecule has 1 atom stereocenters. The molecule has 0 fully saturated rings. The highest BCUT2D eigenvalue weighted by molar-refractivity contribution is 5.96. The highest BCUT2D eigenvalue weighted by atomic mass is 19.4. The highest BCUT2D eigenvalue weighted by Gasteiger charge is 2.30. The van der Waals surface area contributed by atoms with Gasteiger partial charge in [0.2, 0.25) is 0 Å². The third kappa shape index (κ3) is 8.07. The number of ether oxygens (including phenoxy) is 2. The van der Waals surface area contributed by atoms with E-state index in [0.29, 0.717) is 50.6 Å². The van der Waals surface area contributed by atoms with Gasteiger partial charge in [0.1, 0.15) is 12.4 Å². The lowest BCUT2D eigenvalue weighted by Crippen LogP contribution is -2.41. The van der Waals surface area contributed by atoms with Gasteiger partial charge in [0.15, 0.2) is 0 Å². The summed E-state index contributed by atoms with van der Waals surface area (Å²) in [4.78, 5) is 15.0. The van der Waals surface area contributed by atoms with Gasteiger partial charge in [-0.15, -0.1) is 0 Å². The summed E-state index contributed by atoms with van der Waals surface area (Å²) < 4.78 is 51.3. The molecule has 38 heavy (non-hydrogen) atoms. The van der Waals surface area contributed by atoms with Gasteiger partial charge in [-0.05, 0) is 61.2 Å². The number of halogens is 3. The number of amides is 1. The van der Waals surface area contributed by atoms with Gasteiger partial charge >= 0.3 is 6.18 Å². The van der Waals surface area contributed by atoms with Crippen molar-refractivity contribution in [2.75, 3.05) is 32.9 Å². The van der Waals surface area contributed by atoms with E-state index in [1.54, 1.807) is 30.3 Å². The smallest absolute Gasteiger partial charge is 0.416 e. The largest absolute Gasteiger partial charge is 0.491 e. The number of benzene rings is 3. The van der Waals surface area contributed by atoms with E-state index in [0.717, 1.165) is 42.6 Å². The number of hydrogen-bond acceptors (Lipinski definition) is 4. The maximum Gasteiger partial charge on any atom is 0.416 e. The molecule has 1 aliphatic rings. The Morgan fingerprint density at radius 1 is 0.868 bits per heavy atom. The Morgan fingerprint density at radius 3 is 2.37 bits per heavy atom. The molecule has 3 aromatic carbocycles. The molecule has 0 saturated heterocycles. The summed E-state index contributed by atoms with van der Waals surface area (Å²) in [6, 6.07) is 22.5. The minimum atomic E-state index is -4.37. The second-order valence-electron chi connectivity index (χ2n) is 9.39. The van der Waals surface area contributed by atoms with Crippen LogP contribution in [-0.2, 0) is 23.9 Å². The van der Waals surface area contributed by atoms with E-state index in [2.05, 4.69) is 22.3 Å². The van der Waals surface area contributed by atoms with Crippen LogP contribution in [0.25, 0.3) is 0 Å². The zero-order valence-corrected chi connectivity index (χ0v) is 21.3. The third-order valence-corrected chi connectivity index (χ3v) is 6.58. The molecule has 0 spiro atoms. The van der Waals surface area contributed by atoms with E-state index in [9.17, 15) is 18.0 Å². The van der Waals surface area contributed by atoms with Crippen LogP contribution in [0.2, 0.25) is 0 Å². The van der Waals surface area contributed by atoms with Gasteiger partial charge in [0.25, 0.3) is 5.91 Å². The maximum absolute atomic E-state index is 13.1. The van der Waals surface area contributed by atoms with E-state index in [4.69, 9.17) is 9.47 Å². The molecule has 4 rings (SSSR count). The van der Waals surface area contributed by atoms with Crippen molar-refractivity contribution in [2.24, 2.45) is 0 Å². The summed E-state index contributed by atoms with van der Waals surface area (Å²) in [5.41, 5.74) is 1.72. The normalized spacial score (nSPS) is 18.4. The number of nitrogens with one attached hydrogen (secondary N) is 1. The van der Waals surface area contributed by atoms with Gasteiger partial charge in [-0.1, -0.05) is 54.6 Å². The molecule has 0 bridgehead atoms. The Balaban J connectivity index is 1.61. The fraction of sp³-hybridized carbons (Fsp3) is 0.367. The van der Waals surface area contributed by atoms with E-state index in [1.807, 2.05) is 24.3 Å². The number of para-hydroxylation sites is 1. The van der Waals surface area contributed by atoms with Crippen molar-refractivity contribution in [3.05, 3.63) is 101 Å². The number of rotatable bonds is 4. The SMILES string of the molecule is O=C1NCCOCCCCN(Cc2ccc(C(F)(F)F)cc2)[C@@H](Cc2ccccc2)COc2ccccc21. The second-order valence-corrected chi connectivity index (χ2v) is 9.39. The monoisotopic (exact) mass is 526 g/mol. The molecule has 202 valence electrons. The fourth-order valence-corrected chi connectivity index (χ4v) is 4.52. The molecule has 3 aromatic rings. The van der Waals surface area contributed by atoms with Crippen LogP contribution < -0.4 is 10.1 Å². The summed E-state index contributed by atoms with van der Waals surface area (Å²) in [7, 11) is 0. The summed E-state index contributed by atoms with van der Waals surface area (Å²) in [6.07, 6.45) is -2.00. The van der Waals surface area contributed by atoms with Crippen molar-refractivity contribution in [2.45, 2.75) is 38.0 Å². The Hall–Kier alpha value is -3.36. The minimum absolute atomic E-state index is 0.0816. The Bertz CT molecular complexity index is 1150. The number of nitrogens with zero attached hydrogens (tertiary/aromatic N) is 1. The van der Waals surface area contributed by atoms with Gasteiger partial charge in [0, 0.05) is 25.7 Å². The molecule has 1 heterocycles. The molecular formula is C30H33F3N2O3. The van der Waals surface area contributed by atoms with Crippen molar-refractivity contribution >= 4 is 5.91 Å². The van der Waals surface area contributed by atoms with Gasteiger partial charge in [0.05, 0.1) is 17.7 Å². The van der Waals surface area contributed by atoms with Gasteiger partial charge in [-0.25, -0.2) is 0 Å². The first kappa shape index (κ1) is 27.7. The van der Waals surface area contributed by atoms with Crippen LogP contribution >= 0.6 is 0 Å². The zero-order valence-electron chi connectivity index (χ0n) is 21.3. The van der Waals surface area contributed by atoms with Crippen LogP contribution in [0.3, 0.4) is 0 Å². The topological polar surface area (TPSA) is 50.8 Å². The molecular weight excluding hydrogens is 493 g/mol. The lowest BCUT2D eigenvalue weighted by Gasteiger charge is -2.32. The average molecular weight is 527 g/mol. The zero-order chi connectivity index (χ0) is 26.8. The van der Waals surface area contributed by atoms with Gasteiger partial charge in [-0.2, -0.15) is 13.2 Å². The average Bonchev–Trinajstić information content (AvgIpc) is 2.92. The van der Waals surface area contributed by atoms with E-state index in [-0.39, 0.29) is 11.9 Å². The quantitative estimate of drug-likeness (QED) is 0.471. The lowest BCUT2D eigenvalue weighted by atomic mass is 10.0. The third-order valence-electron chi connectivity index (χ3n) is 6.58. The molecule has 0 unspecified atom stereocenters. The number of fused-ring (bicyclic) bond motifs is 1. The number of carbonyl (C=O) groups is 1. The van der Waals surface area contributed by atoms with Gasteiger partial charge in [-0.3, -0.25) is 9.69 Å². The maximum atomic E-state index is 13.1. The van der Waals surface area contributed by atoms with Crippen LogP contribution in [0.15, 0.2) is 78.9 Å². The first-order chi connectivity index (χ1) is 18.4. The number of carbonyl (C=O) groups excluding carboxylic acids is 1. The Morgan fingerprint density at radius 2 is 1.61 bits per heavy atom. The van der Waals surface area contributed by atoms with Crippen molar-refractivity contribution in [3.63, 3.8) is 0 Å². The molecule has 5 nitrogen and oxygen atoms in total. The number of hydrogen-bond donors (Lipinski definition) is 1. The van der Waals surface area contributed by atoms with E-state index < -0.39 is 11.7 Å². The van der Waals surface area contributed by atoms with E-state index >= 15 is 0 Å². The fourth-order valence-electron chi connectivity index (χ4n) is 4.52. The Kier molecular flexibility index (Phi) is 9.79. The molecule has 8 heteroatoms. The van der Waals surface area contributed by atoms with Crippen LogP contribution in [-0.4, -0.2) is 49.8 Å². The first-order valence-corrected chi connectivity index (χ1v) is 12.9. The summed E-state index contributed by atoms with van der Waals surface area (Å²) >= 11 is 0. The van der Waals surface area contributed by atoms with E-state index in [1.165, 1.54) is 0 Å². The highest BCUT2D eigenvalue weighted by Crippen LogP contribution is 2.29. The summed E-state index contributed by atoms with van der Waals surface area (Å²) in [5, 5.41) is 2.88. The van der Waals surface area contributed by atoms with Crippen molar-refractivity contribution < 1.29 is 27.4 Å². The predicted molar refractivity (Wildman–Crippen MR) is 140 cm³/mol. The molecule has 0 aromatic heterocycles. The van der Waals surface area contributed by atoms with Crippen molar-refractivity contribution in [3.8, 4) is 5.75 Å². The lowest BCUT2D eigenvalue weighted by molar-refractivity contribution is -0.137. The van der Waals surface area contributed by atoms with Crippen LogP contribution in [0.5, 0.6) is 5.75 Å². The molecule has 1 amide bonds. The van der Waals surface area contributed by atoms with Gasteiger partial charge < -0.3 is 14.8 Å².